The zero-order valence-corrected chi connectivity index (χ0v) is 13.1. The molecule has 112 valence electrons. The quantitative estimate of drug-likeness (QED) is 0.629. The van der Waals surface area contributed by atoms with E-state index in [0.717, 1.165) is 32.4 Å². The van der Waals surface area contributed by atoms with Crippen LogP contribution in [-0.4, -0.2) is 73.8 Å². The van der Waals surface area contributed by atoms with Crippen LogP contribution in [0.15, 0.2) is 0 Å². The lowest BCUT2D eigenvalue weighted by Crippen LogP contribution is -2.42. The van der Waals surface area contributed by atoms with Crippen LogP contribution in [0.2, 0.25) is 0 Å². The molecule has 0 fully saturated rings. The van der Waals surface area contributed by atoms with E-state index in [1.54, 1.807) is 21.7 Å². The van der Waals surface area contributed by atoms with Crippen molar-refractivity contribution >= 4 is 11.8 Å². The van der Waals surface area contributed by atoms with E-state index in [2.05, 4.69) is 6.92 Å². The molecule has 0 aliphatic heterocycles. The highest BCUT2D eigenvalue weighted by Crippen LogP contribution is 1.96. The summed E-state index contributed by atoms with van der Waals surface area (Å²) in [5, 5.41) is 0. The van der Waals surface area contributed by atoms with Crippen LogP contribution in [0, 0.1) is 0 Å². The normalized spacial score (nSPS) is 10.6. The van der Waals surface area contributed by atoms with Gasteiger partial charge in [-0.1, -0.05) is 20.3 Å². The van der Waals surface area contributed by atoms with Gasteiger partial charge in [0.1, 0.15) is 0 Å². The van der Waals surface area contributed by atoms with Crippen LogP contribution in [0.5, 0.6) is 0 Å². The van der Waals surface area contributed by atoms with Crippen LogP contribution >= 0.6 is 0 Å². The number of rotatable bonds is 9. The predicted molar refractivity (Wildman–Crippen MR) is 78.0 cm³/mol. The molecule has 0 saturated carbocycles. The van der Waals surface area contributed by atoms with Gasteiger partial charge in [0.05, 0.1) is 13.1 Å². The summed E-state index contributed by atoms with van der Waals surface area (Å²) in [5.74, 6) is 0.134. The van der Waals surface area contributed by atoms with Crippen LogP contribution in [0.25, 0.3) is 0 Å². The highest BCUT2D eigenvalue weighted by atomic mass is 16.2. The second-order valence-corrected chi connectivity index (χ2v) is 5.16. The number of carbonyl (C=O) groups is 2. The van der Waals surface area contributed by atoms with Gasteiger partial charge in [-0.05, 0) is 19.9 Å². The molecule has 5 nitrogen and oxygen atoms in total. The first-order valence-corrected chi connectivity index (χ1v) is 7.08. The molecule has 0 saturated heterocycles. The minimum atomic E-state index is 0.0633. The molecule has 0 aliphatic carbocycles. The third-order valence-corrected chi connectivity index (χ3v) is 3.07. The molecule has 5 heteroatoms. The van der Waals surface area contributed by atoms with Gasteiger partial charge >= 0.3 is 0 Å². The summed E-state index contributed by atoms with van der Waals surface area (Å²) in [6, 6.07) is 0. The van der Waals surface area contributed by atoms with Gasteiger partial charge in [0.2, 0.25) is 11.8 Å². The van der Waals surface area contributed by atoms with Crippen LogP contribution in [0.3, 0.4) is 0 Å². The van der Waals surface area contributed by atoms with Crippen molar-refractivity contribution in [3.8, 4) is 0 Å². The van der Waals surface area contributed by atoms with E-state index in [0.29, 0.717) is 13.1 Å². The second-order valence-electron chi connectivity index (χ2n) is 5.16. The Hall–Kier alpha value is -1.10. The van der Waals surface area contributed by atoms with Crippen molar-refractivity contribution in [2.75, 3.05) is 47.3 Å². The Morgan fingerprint density at radius 1 is 0.789 bits per heavy atom. The number of hydrogen-bond acceptors (Lipinski definition) is 3. The fourth-order valence-electron chi connectivity index (χ4n) is 1.74. The third kappa shape index (κ3) is 7.82. The number of likely N-dealkylation sites (N-methyl/N-ethyl adjacent to an activating group) is 3. The smallest absolute Gasteiger partial charge is 0.236 e. The van der Waals surface area contributed by atoms with Gasteiger partial charge in [-0.15, -0.1) is 0 Å². The molecule has 0 spiro atoms. The molecule has 0 heterocycles. The predicted octanol–water partition coefficient (Wildman–Crippen LogP) is 1.05. The molecule has 0 unspecified atom stereocenters. The Labute approximate surface area is 117 Å². The van der Waals surface area contributed by atoms with Crippen molar-refractivity contribution in [1.29, 1.82) is 0 Å². The summed E-state index contributed by atoms with van der Waals surface area (Å²) in [4.78, 5) is 28.9. The van der Waals surface area contributed by atoms with Crippen molar-refractivity contribution in [2.45, 2.75) is 33.1 Å². The maximum absolute atomic E-state index is 11.9. The second kappa shape index (κ2) is 9.78. The Morgan fingerprint density at radius 2 is 1.26 bits per heavy atom. The lowest BCUT2D eigenvalue weighted by Gasteiger charge is -2.23. The Bertz CT molecular complexity index is 282. The molecule has 0 aromatic rings. The van der Waals surface area contributed by atoms with Crippen LogP contribution in [0.4, 0.5) is 0 Å². The number of carbonyl (C=O) groups excluding carboxylic acids is 2. The van der Waals surface area contributed by atoms with Crippen molar-refractivity contribution in [3.05, 3.63) is 0 Å². The van der Waals surface area contributed by atoms with Gasteiger partial charge in [-0.3, -0.25) is 14.5 Å². The summed E-state index contributed by atoms with van der Waals surface area (Å²) in [5.41, 5.74) is 0. The lowest BCUT2D eigenvalue weighted by atomic mass is 10.3. The average Bonchev–Trinajstić information content (AvgIpc) is 2.35. The maximum Gasteiger partial charge on any atom is 0.236 e. The van der Waals surface area contributed by atoms with Gasteiger partial charge in [0, 0.05) is 27.2 Å². The highest BCUT2D eigenvalue weighted by Gasteiger charge is 2.15. The maximum atomic E-state index is 11.9. The van der Waals surface area contributed by atoms with Gasteiger partial charge in [0.25, 0.3) is 0 Å². The standard InChI is InChI=1S/C14H29N3O2/c1-6-8-10-17(5)14(19)12-15(3)11-13(18)16(4)9-7-2/h6-12H2,1-5H3. The van der Waals surface area contributed by atoms with E-state index in [9.17, 15) is 9.59 Å². The molecule has 0 bridgehead atoms. The van der Waals surface area contributed by atoms with Gasteiger partial charge in [0.15, 0.2) is 0 Å². The molecule has 0 radical (unpaired) electrons. The van der Waals surface area contributed by atoms with Crippen molar-refractivity contribution in [3.63, 3.8) is 0 Å². The van der Waals surface area contributed by atoms with E-state index in [4.69, 9.17) is 0 Å². The molecular weight excluding hydrogens is 242 g/mol. The Kier molecular flexibility index (Phi) is 9.21. The first-order chi connectivity index (χ1) is 8.92. The zero-order valence-electron chi connectivity index (χ0n) is 13.1. The van der Waals surface area contributed by atoms with Gasteiger partial charge < -0.3 is 9.80 Å². The minimum Gasteiger partial charge on any atom is -0.345 e. The average molecular weight is 271 g/mol. The van der Waals surface area contributed by atoms with Crippen molar-refractivity contribution in [1.82, 2.24) is 14.7 Å². The molecule has 0 rings (SSSR count). The van der Waals surface area contributed by atoms with Gasteiger partial charge in [-0.2, -0.15) is 0 Å². The minimum absolute atomic E-state index is 0.0633. The molecule has 2 amide bonds. The van der Waals surface area contributed by atoms with Crippen LogP contribution < -0.4 is 0 Å². The van der Waals surface area contributed by atoms with Crippen LogP contribution in [-0.2, 0) is 9.59 Å². The van der Waals surface area contributed by atoms with E-state index in [1.165, 1.54) is 0 Å². The number of nitrogens with zero attached hydrogens (tertiary/aromatic N) is 3. The fourth-order valence-corrected chi connectivity index (χ4v) is 1.74. The molecule has 0 aromatic carbocycles. The molecule has 0 aromatic heterocycles. The van der Waals surface area contributed by atoms with E-state index < -0.39 is 0 Å². The molecular formula is C14H29N3O2. The van der Waals surface area contributed by atoms with E-state index in [-0.39, 0.29) is 11.8 Å². The Morgan fingerprint density at radius 3 is 1.68 bits per heavy atom. The number of amides is 2. The van der Waals surface area contributed by atoms with Crippen molar-refractivity contribution in [2.24, 2.45) is 0 Å². The SMILES string of the molecule is CCCCN(C)C(=O)CN(C)CC(=O)N(C)CCC. The highest BCUT2D eigenvalue weighted by molar-refractivity contribution is 5.81. The summed E-state index contributed by atoms with van der Waals surface area (Å²) < 4.78 is 0. The molecule has 0 atom stereocenters. The number of hydrogen-bond donors (Lipinski definition) is 0. The van der Waals surface area contributed by atoms with Crippen molar-refractivity contribution < 1.29 is 9.59 Å². The molecule has 19 heavy (non-hydrogen) atoms. The zero-order chi connectivity index (χ0) is 14.8. The fraction of sp³-hybridized carbons (Fsp3) is 0.857. The third-order valence-electron chi connectivity index (χ3n) is 3.07. The lowest BCUT2D eigenvalue weighted by molar-refractivity contribution is -0.133. The summed E-state index contributed by atoms with van der Waals surface area (Å²) >= 11 is 0. The van der Waals surface area contributed by atoms with Gasteiger partial charge in [-0.25, -0.2) is 0 Å². The molecule has 0 aliphatic rings. The summed E-state index contributed by atoms with van der Waals surface area (Å²) in [6.45, 7) is 6.28. The first-order valence-electron chi connectivity index (χ1n) is 7.08. The first kappa shape index (κ1) is 17.9. The molecule has 0 N–H and O–H groups in total. The van der Waals surface area contributed by atoms with E-state index in [1.807, 2.05) is 21.0 Å². The summed E-state index contributed by atoms with van der Waals surface area (Å²) in [6.07, 6.45) is 3.04. The van der Waals surface area contributed by atoms with E-state index >= 15 is 0 Å². The largest absolute Gasteiger partial charge is 0.345 e. The Balaban J connectivity index is 4.05. The number of unbranched alkanes of at least 4 members (excludes halogenated alkanes) is 1. The topological polar surface area (TPSA) is 43.9 Å². The summed E-state index contributed by atoms with van der Waals surface area (Å²) in [7, 11) is 5.43. The monoisotopic (exact) mass is 271 g/mol. The van der Waals surface area contributed by atoms with Crippen LogP contribution in [0.1, 0.15) is 33.1 Å².